The van der Waals surface area contributed by atoms with E-state index in [1.54, 1.807) is 24.4 Å². The third-order valence-corrected chi connectivity index (χ3v) is 6.54. The van der Waals surface area contributed by atoms with Crippen LogP contribution >= 0.6 is 0 Å². The Kier molecular flexibility index (Phi) is 4.14. The number of likely N-dealkylation sites (tertiary alicyclic amines) is 1. The zero-order valence-corrected chi connectivity index (χ0v) is 15.1. The summed E-state index contributed by atoms with van der Waals surface area (Å²) in [5.41, 5.74) is -0.336. The first-order valence-corrected chi connectivity index (χ1v) is 9.17. The van der Waals surface area contributed by atoms with Gasteiger partial charge in [-0.25, -0.2) is 0 Å². The van der Waals surface area contributed by atoms with Crippen molar-refractivity contribution in [3.05, 3.63) is 24.5 Å². The van der Waals surface area contributed by atoms with Crippen LogP contribution in [-0.2, 0) is 14.3 Å². The number of hydrogen-bond donors (Lipinski definition) is 1. The van der Waals surface area contributed by atoms with Crippen molar-refractivity contribution < 1.29 is 19.4 Å². The molecule has 4 rings (SSSR count). The molecule has 140 valence electrons. The van der Waals surface area contributed by atoms with Crippen LogP contribution in [0.15, 0.2) is 24.5 Å². The molecule has 1 aromatic rings. The summed E-state index contributed by atoms with van der Waals surface area (Å²) in [5.74, 6) is -0.781. The topological polar surface area (TPSA) is 83.0 Å². The second kappa shape index (κ2) is 6.23. The average molecular weight is 359 g/mol. The van der Waals surface area contributed by atoms with Crippen LogP contribution < -0.4 is 4.90 Å². The quantitative estimate of drug-likeness (QED) is 0.852. The summed E-state index contributed by atoms with van der Waals surface area (Å²) >= 11 is 0. The predicted octanol–water partition coefficient (Wildman–Crippen LogP) is 1.25. The predicted molar refractivity (Wildman–Crippen MR) is 94.7 cm³/mol. The number of aromatic nitrogens is 1. The number of aliphatic carboxylic acids is 1. The van der Waals surface area contributed by atoms with E-state index in [2.05, 4.69) is 9.88 Å². The number of rotatable bonds is 5. The molecule has 0 radical (unpaired) electrons. The highest BCUT2D eigenvalue weighted by atomic mass is 16.5. The Balaban J connectivity index is 1.54. The maximum absolute atomic E-state index is 13.1. The Morgan fingerprint density at radius 1 is 1.27 bits per heavy atom. The van der Waals surface area contributed by atoms with Gasteiger partial charge >= 0.3 is 5.97 Å². The lowest BCUT2D eigenvalue weighted by molar-refractivity contribution is -0.153. The minimum atomic E-state index is -0.892. The minimum absolute atomic E-state index is 0.0585. The molecule has 2 aliphatic heterocycles. The molecule has 1 amide bonds. The van der Waals surface area contributed by atoms with Crippen molar-refractivity contribution in [3.8, 4) is 0 Å². The number of pyridine rings is 1. The van der Waals surface area contributed by atoms with E-state index in [0.717, 1.165) is 24.9 Å². The van der Waals surface area contributed by atoms with Crippen molar-refractivity contribution >= 4 is 17.6 Å². The number of ether oxygens (including phenoxy) is 1. The highest BCUT2D eigenvalue weighted by Gasteiger charge is 2.60. The number of nitrogens with zero attached hydrogens (tertiary/aromatic N) is 3. The number of anilines is 1. The summed E-state index contributed by atoms with van der Waals surface area (Å²) in [7, 11) is 1.62. The van der Waals surface area contributed by atoms with Crippen LogP contribution in [0.25, 0.3) is 0 Å². The monoisotopic (exact) mass is 359 g/mol. The lowest BCUT2D eigenvalue weighted by Gasteiger charge is -2.42. The Labute approximate surface area is 152 Å². The van der Waals surface area contributed by atoms with Gasteiger partial charge in [-0.15, -0.1) is 0 Å². The van der Waals surface area contributed by atoms with Crippen LogP contribution in [-0.4, -0.2) is 66.8 Å². The van der Waals surface area contributed by atoms with Crippen LogP contribution in [0.3, 0.4) is 0 Å². The maximum atomic E-state index is 13.1. The first kappa shape index (κ1) is 17.3. The molecule has 3 heterocycles. The molecule has 26 heavy (non-hydrogen) atoms. The fourth-order valence-electron chi connectivity index (χ4n) is 4.91. The van der Waals surface area contributed by atoms with Crippen LogP contribution in [0, 0.1) is 16.7 Å². The van der Waals surface area contributed by atoms with Gasteiger partial charge in [-0.2, -0.15) is 0 Å². The number of fused-ring (bicyclic) bond motifs is 1. The maximum Gasteiger partial charge on any atom is 0.313 e. The summed E-state index contributed by atoms with van der Waals surface area (Å²) < 4.78 is 5.29. The van der Waals surface area contributed by atoms with Gasteiger partial charge in [0.2, 0.25) is 5.91 Å². The van der Waals surface area contributed by atoms with E-state index in [1.165, 1.54) is 0 Å². The van der Waals surface area contributed by atoms with Crippen LogP contribution in [0.4, 0.5) is 5.69 Å². The normalized spacial score (nSPS) is 29.3. The molecule has 1 N–H and O–H groups in total. The van der Waals surface area contributed by atoms with E-state index in [-0.39, 0.29) is 11.8 Å². The van der Waals surface area contributed by atoms with Gasteiger partial charge < -0.3 is 19.6 Å². The second-order valence-electron chi connectivity index (χ2n) is 8.00. The van der Waals surface area contributed by atoms with Crippen molar-refractivity contribution in [1.29, 1.82) is 0 Å². The number of amides is 1. The Morgan fingerprint density at radius 3 is 2.54 bits per heavy atom. The van der Waals surface area contributed by atoms with Gasteiger partial charge in [0.25, 0.3) is 0 Å². The zero-order chi connectivity index (χ0) is 18.4. The number of carbonyl (C=O) groups excluding carboxylic acids is 1. The molecule has 7 nitrogen and oxygen atoms in total. The van der Waals surface area contributed by atoms with E-state index in [0.29, 0.717) is 32.8 Å². The van der Waals surface area contributed by atoms with Gasteiger partial charge in [0.05, 0.1) is 12.0 Å². The lowest BCUT2D eigenvalue weighted by atomic mass is 9.68. The number of methoxy groups -OCH3 is 1. The number of carbonyl (C=O) groups is 2. The first-order chi connectivity index (χ1) is 12.5. The van der Waals surface area contributed by atoms with Crippen molar-refractivity contribution in [2.45, 2.75) is 19.3 Å². The molecule has 3 fully saturated rings. The molecule has 0 spiro atoms. The molecule has 0 aromatic carbocycles. The van der Waals surface area contributed by atoms with Crippen molar-refractivity contribution in [2.24, 2.45) is 16.7 Å². The van der Waals surface area contributed by atoms with Gasteiger partial charge in [0, 0.05) is 57.3 Å². The highest BCUT2D eigenvalue weighted by molar-refractivity contribution is 5.86. The van der Waals surface area contributed by atoms with Crippen LogP contribution in [0.5, 0.6) is 0 Å². The fraction of sp³-hybridized carbons (Fsp3) is 0.632. The summed E-state index contributed by atoms with van der Waals surface area (Å²) in [5, 5.41) is 10.0. The molecule has 0 bridgehead atoms. The number of hydrogen-bond acceptors (Lipinski definition) is 5. The molecular formula is C19H25N3O4. The summed E-state index contributed by atoms with van der Waals surface area (Å²) in [6.07, 6.45) is 6.15. The van der Waals surface area contributed by atoms with Crippen LogP contribution in [0.2, 0.25) is 0 Å². The van der Waals surface area contributed by atoms with Gasteiger partial charge in [0.15, 0.2) is 0 Å². The summed E-state index contributed by atoms with van der Waals surface area (Å²) in [6, 6.07) is 3.81. The smallest absolute Gasteiger partial charge is 0.313 e. The molecule has 3 aliphatic rings. The second-order valence-corrected chi connectivity index (χ2v) is 8.00. The van der Waals surface area contributed by atoms with Gasteiger partial charge in [0.1, 0.15) is 5.41 Å². The van der Waals surface area contributed by atoms with Crippen molar-refractivity contribution in [3.63, 3.8) is 0 Å². The Hall–Kier alpha value is -2.15. The summed E-state index contributed by atoms with van der Waals surface area (Å²) in [6.45, 7) is 2.31. The van der Waals surface area contributed by atoms with Crippen molar-refractivity contribution in [2.75, 3.05) is 44.8 Å². The molecule has 0 unspecified atom stereocenters. The van der Waals surface area contributed by atoms with Crippen LogP contribution in [0.1, 0.15) is 19.3 Å². The molecule has 2 atom stereocenters. The largest absolute Gasteiger partial charge is 0.481 e. The van der Waals surface area contributed by atoms with Gasteiger partial charge in [-0.05, 0) is 25.0 Å². The Bertz CT molecular complexity index is 706. The van der Waals surface area contributed by atoms with E-state index in [9.17, 15) is 14.7 Å². The molecule has 1 aliphatic carbocycles. The van der Waals surface area contributed by atoms with Gasteiger partial charge in [-0.1, -0.05) is 6.42 Å². The molecule has 1 saturated carbocycles. The lowest BCUT2D eigenvalue weighted by Crippen LogP contribution is -2.51. The highest BCUT2D eigenvalue weighted by Crippen LogP contribution is 2.48. The first-order valence-electron chi connectivity index (χ1n) is 9.17. The average Bonchev–Trinajstić information content (AvgIpc) is 3.14. The Morgan fingerprint density at radius 2 is 2.00 bits per heavy atom. The molecule has 7 heteroatoms. The van der Waals surface area contributed by atoms with Crippen molar-refractivity contribution in [1.82, 2.24) is 9.88 Å². The summed E-state index contributed by atoms with van der Waals surface area (Å²) in [4.78, 5) is 33.3. The third kappa shape index (κ3) is 2.48. The van der Waals surface area contributed by atoms with Gasteiger partial charge in [-0.3, -0.25) is 14.6 Å². The standard InChI is InChI=1S/C19H25N3O4/c1-26-13-18(5-2-6-18)16(23)22-10-14-9-21(15-3-7-20-8-4-15)11-19(14,12-22)17(24)25/h3-4,7-8,14H,2,5-6,9-13H2,1H3,(H,24,25)/t14-,19-/m1/s1. The molecule has 2 saturated heterocycles. The van der Waals surface area contributed by atoms with E-state index >= 15 is 0 Å². The molecule has 1 aromatic heterocycles. The number of carboxylic acids is 1. The zero-order valence-electron chi connectivity index (χ0n) is 15.1. The SMILES string of the molecule is COCC1(C(=O)N2C[C@H]3CN(c4ccncc4)C[C@@]3(C(=O)O)C2)CCC1. The fourth-order valence-corrected chi connectivity index (χ4v) is 4.91. The molecular weight excluding hydrogens is 334 g/mol. The number of carboxylic acid groups (broad SMARTS) is 1. The van der Waals surface area contributed by atoms with E-state index < -0.39 is 16.8 Å². The van der Waals surface area contributed by atoms with E-state index in [4.69, 9.17) is 4.74 Å². The third-order valence-electron chi connectivity index (χ3n) is 6.54. The minimum Gasteiger partial charge on any atom is -0.481 e. The van der Waals surface area contributed by atoms with E-state index in [1.807, 2.05) is 12.1 Å².